The van der Waals surface area contributed by atoms with Crippen LogP contribution in [0.4, 0.5) is 4.79 Å². The van der Waals surface area contributed by atoms with E-state index in [2.05, 4.69) is 33.9 Å². The zero-order valence-electron chi connectivity index (χ0n) is 15.4. The van der Waals surface area contributed by atoms with Gasteiger partial charge in [0.15, 0.2) is 0 Å². The first-order valence-electron chi connectivity index (χ1n) is 10.2. The zero-order valence-corrected chi connectivity index (χ0v) is 15.4. The first-order chi connectivity index (χ1) is 11.6. The molecule has 1 aliphatic carbocycles. The third-order valence-corrected chi connectivity index (χ3v) is 6.65. The molecule has 3 saturated heterocycles. The molecule has 136 valence electrons. The number of carbonyl (C=O) groups excluding carboxylic acids is 1. The van der Waals surface area contributed by atoms with E-state index in [1.165, 1.54) is 45.2 Å². The number of likely N-dealkylation sites (tertiary alicyclic amines) is 2. The van der Waals surface area contributed by atoms with Crippen LogP contribution in [0.25, 0.3) is 0 Å². The number of rotatable bonds is 4. The fourth-order valence-electron chi connectivity index (χ4n) is 5.28. The third kappa shape index (κ3) is 3.43. The average Bonchev–Trinajstić information content (AvgIpc) is 3.19. The van der Waals surface area contributed by atoms with Gasteiger partial charge in [-0.3, -0.25) is 4.90 Å². The van der Waals surface area contributed by atoms with Crippen LogP contribution in [-0.4, -0.2) is 77.6 Å². The van der Waals surface area contributed by atoms with Crippen LogP contribution in [0.3, 0.4) is 0 Å². The Kier molecular flexibility index (Phi) is 4.74. The number of hydrogen-bond donors (Lipinski definition) is 1. The van der Waals surface area contributed by atoms with Crippen molar-refractivity contribution >= 4 is 6.03 Å². The Labute approximate surface area is 146 Å². The van der Waals surface area contributed by atoms with Crippen molar-refractivity contribution in [3.63, 3.8) is 0 Å². The SMILES string of the molecule is CC(C)N1C2CCC1CN(C(=O)NCC1CCN(C3CC3)C1)CC2. The van der Waals surface area contributed by atoms with E-state index in [-0.39, 0.29) is 6.03 Å². The number of carbonyl (C=O) groups is 1. The molecule has 4 rings (SSSR count). The maximum Gasteiger partial charge on any atom is 0.317 e. The maximum atomic E-state index is 12.7. The molecular weight excluding hydrogens is 300 g/mol. The second-order valence-corrected chi connectivity index (χ2v) is 8.73. The number of nitrogens with one attached hydrogen (secondary N) is 1. The Bertz CT molecular complexity index is 464. The van der Waals surface area contributed by atoms with Crippen LogP contribution in [0.15, 0.2) is 0 Å². The quantitative estimate of drug-likeness (QED) is 0.856. The molecule has 0 spiro atoms. The molecule has 0 aromatic carbocycles. The summed E-state index contributed by atoms with van der Waals surface area (Å²) in [5.41, 5.74) is 0. The van der Waals surface area contributed by atoms with Crippen LogP contribution < -0.4 is 5.32 Å². The molecule has 4 fully saturated rings. The number of urea groups is 1. The van der Waals surface area contributed by atoms with Gasteiger partial charge in [0.2, 0.25) is 0 Å². The Morgan fingerprint density at radius 3 is 2.46 bits per heavy atom. The van der Waals surface area contributed by atoms with E-state index in [9.17, 15) is 4.79 Å². The molecule has 4 aliphatic rings. The van der Waals surface area contributed by atoms with E-state index in [1.807, 2.05) is 0 Å². The van der Waals surface area contributed by atoms with Crippen molar-refractivity contribution in [3.05, 3.63) is 0 Å². The lowest BCUT2D eigenvalue weighted by Gasteiger charge is -2.32. The minimum absolute atomic E-state index is 0.177. The molecule has 3 heterocycles. The van der Waals surface area contributed by atoms with E-state index in [4.69, 9.17) is 0 Å². The largest absolute Gasteiger partial charge is 0.338 e. The molecule has 1 N–H and O–H groups in total. The summed E-state index contributed by atoms with van der Waals surface area (Å²) < 4.78 is 0. The molecule has 24 heavy (non-hydrogen) atoms. The summed E-state index contributed by atoms with van der Waals surface area (Å²) in [6.07, 6.45) is 7.75. The summed E-state index contributed by atoms with van der Waals surface area (Å²) in [6, 6.07) is 2.90. The molecule has 5 nitrogen and oxygen atoms in total. The fraction of sp³-hybridized carbons (Fsp3) is 0.947. The summed E-state index contributed by atoms with van der Waals surface area (Å²) in [5.74, 6) is 0.658. The lowest BCUT2D eigenvalue weighted by Crippen LogP contribution is -2.47. The van der Waals surface area contributed by atoms with Gasteiger partial charge in [0.25, 0.3) is 0 Å². The summed E-state index contributed by atoms with van der Waals surface area (Å²) in [7, 11) is 0. The van der Waals surface area contributed by atoms with Crippen molar-refractivity contribution in [2.45, 2.75) is 76.5 Å². The predicted molar refractivity (Wildman–Crippen MR) is 96.1 cm³/mol. The van der Waals surface area contributed by atoms with Crippen LogP contribution in [0.1, 0.15) is 52.4 Å². The van der Waals surface area contributed by atoms with Gasteiger partial charge in [0.1, 0.15) is 0 Å². The molecule has 5 heteroatoms. The van der Waals surface area contributed by atoms with Gasteiger partial charge in [-0.25, -0.2) is 4.79 Å². The minimum Gasteiger partial charge on any atom is -0.338 e. The Hall–Kier alpha value is -0.810. The molecule has 0 aromatic heterocycles. The molecule has 3 unspecified atom stereocenters. The van der Waals surface area contributed by atoms with E-state index >= 15 is 0 Å². The first-order valence-corrected chi connectivity index (χ1v) is 10.2. The van der Waals surface area contributed by atoms with E-state index < -0.39 is 0 Å². The summed E-state index contributed by atoms with van der Waals surface area (Å²) in [4.78, 5) is 20.1. The average molecular weight is 335 g/mol. The lowest BCUT2D eigenvalue weighted by atomic mass is 10.1. The second-order valence-electron chi connectivity index (χ2n) is 8.73. The van der Waals surface area contributed by atoms with Crippen molar-refractivity contribution in [1.82, 2.24) is 20.0 Å². The van der Waals surface area contributed by atoms with Crippen LogP contribution in [0, 0.1) is 5.92 Å². The minimum atomic E-state index is 0.177. The number of hydrogen-bond acceptors (Lipinski definition) is 3. The number of fused-ring (bicyclic) bond motifs is 2. The molecule has 3 aliphatic heterocycles. The van der Waals surface area contributed by atoms with E-state index in [1.54, 1.807) is 0 Å². The zero-order chi connectivity index (χ0) is 16.7. The lowest BCUT2D eigenvalue weighted by molar-refractivity contribution is 0.147. The van der Waals surface area contributed by atoms with Crippen molar-refractivity contribution in [2.75, 3.05) is 32.7 Å². The van der Waals surface area contributed by atoms with Crippen LogP contribution in [-0.2, 0) is 0 Å². The predicted octanol–water partition coefficient (Wildman–Crippen LogP) is 2.13. The monoisotopic (exact) mass is 334 g/mol. The van der Waals surface area contributed by atoms with E-state index in [0.29, 0.717) is 24.0 Å². The smallest absolute Gasteiger partial charge is 0.317 e. The van der Waals surface area contributed by atoms with E-state index in [0.717, 1.165) is 32.1 Å². The molecule has 2 amide bonds. The fourth-order valence-corrected chi connectivity index (χ4v) is 5.28. The highest BCUT2D eigenvalue weighted by molar-refractivity contribution is 5.74. The summed E-state index contributed by atoms with van der Waals surface area (Å²) in [5, 5.41) is 3.25. The van der Waals surface area contributed by atoms with Crippen LogP contribution in [0.5, 0.6) is 0 Å². The van der Waals surface area contributed by atoms with Crippen molar-refractivity contribution in [3.8, 4) is 0 Å². The molecule has 2 bridgehead atoms. The highest BCUT2D eigenvalue weighted by Gasteiger charge is 2.39. The molecule has 3 atom stereocenters. The normalized spacial score (nSPS) is 34.8. The number of amides is 2. The molecular formula is C19H34N4O. The first kappa shape index (κ1) is 16.6. The van der Waals surface area contributed by atoms with Crippen molar-refractivity contribution < 1.29 is 4.79 Å². The van der Waals surface area contributed by atoms with Gasteiger partial charge in [-0.2, -0.15) is 0 Å². The molecule has 0 radical (unpaired) electrons. The van der Waals surface area contributed by atoms with Crippen molar-refractivity contribution in [1.29, 1.82) is 0 Å². The third-order valence-electron chi connectivity index (χ3n) is 6.65. The summed E-state index contributed by atoms with van der Waals surface area (Å²) >= 11 is 0. The van der Waals surface area contributed by atoms with Gasteiger partial charge in [0.05, 0.1) is 0 Å². The van der Waals surface area contributed by atoms with Crippen LogP contribution >= 0.6 is 0 Å². The summed E-state index contributed by atoms with van der Waals surface area (Å²) in [6.45, 7) is 9.73. The van der Waals surface area contributed by atoms with Gasteiger partial charge < -0.3 is 15.1 Å². The van der Waals surface area contributed by atoms with Gasteiger partial charge in [-0.1, -0.05) is 0 Å². The maximum absolute atomic E-state index is 12.7. The second kappa shape index (κ2) is 6.83. The number of nitrogens with zero attached hydrogens (tertiary/aromatic N) is 3. The van der Waals surface area contributed by atoms with Gasteiger partial charge >= 0.3 is 6.03 Å². The Balaban J connectivity index is 1.26. The standard InChI is InChI=1S/C19H34N4O/c1-14(2)23-17-5-6-18(23)13-22(10-8-17)19(24)20-11-15-7-9-21(12-15)16-3-4-16/h14-18H,3-13H2,1-2H3,(H,20,24). The molecule has 1 saturated carbocycles. The molecule has 0 aromatic rings. The highest BCUT2D eigenvalue weighted by atomic mass is 16.2. The Morgan fingerprint density at radius 2 is 1.71 bits per heavy atom. The van der Waals surface area contributed by atoms with Gasteiger partial charge in [0, 0.05) is 50.3 Å². The Morgan fingerprint density at radius 1 is 0.958 bits per heavy atom. The highest BCUT2D eigenvalue weighted by Crippen LogP contribution is 2.33. The van der Waals surface area contributed by atoms with Crippen molar-refractivity contribution in [2.24, 2.45) is 5.92 Å². The topological polar surface area (TPSA) is 38.8 Å². The van der Waals surface area contributed by atoms with Gasteiger partial charge in [-0.05, 0) is 64.8 Å². The van der Waals surface area contributed by atoms with Gasteiger partial charge in [-0.15, -0.1) is 0 Å². The van der Waals surface area contributed by atoms with Crippen LogP contribution in [0.2, 0.25) is 0 Å².